The summed E-state index contributed by atoms with van der Waals surface area (Å²) in [4.78, 5) is 23.1. The number of azide groups is 1. The summed E-state index contributed by atoms with van der Waals surface area (Å²) in [6, 6.07) is 15.0. The number of ether oxygens (including phenoxy) is 4. The van der Waals surface area contributed by atoms with Crippen molar-refractivity contribution in [2.75, 3.05) is 14.2 Å². The van der Waals surface area contributed by atoms with Crippen LogP contribution in [0.15, 0.2) is 72.3 Å². The Morgan fingerprint density at radius 2 is 1.65 bits per heavy atom. The number of hydrogen-bond acceptors (Lipinski definition) is 8. The maximum Gasteiger partial charge on any atom is 0.341 e. The molecular weight excluding hydrogens is 402 g/mol. The first-order chi connectivity index (χ1) is 15.2. The first-order valence-corrected chi connectivity index (χ1v) is 8.88. The lowest BCUT2D eigenvalue weighted by molar-refractivity contribution is -0.133. The van der Waals surface area contributed by atoms with Crippen LogP contribution >= 0.6 is 0 Å². The van der Waals surface area contributed by atoms with Crippen molar-refractivity contribution in [3.8, 4) is 23.3 Å². The molecule has 0 aliphatic rings. The summed E-state index contributed by atoms with van der Waals surface area (Å²) >= 11 is 0. The van der Waals surface area contributed by atoms with Gasteiger partial charge in [0.15, 0.2) is 0 Å². The molecule has 0 unspecified atom stereocenters. The van der Waals surface area contributed by atoms with E-state index >= 15 is 0 Å². The molecule has 0 aliphatic heterocycles. The minimum Gasteiger partial charge on any atom is -0.503 e. The average Bonchev–Trinajstić information content (AvgIpc) is 2.79. The van der Waals surface area contributed by atoms with Crippen LogP contribution in [0.3, 0.4) is 0 Å². The van der Waals surface area contributed by atoms with E-state index in [1.54, 1.807) is 48.5 Å². The van der Waals surface area contributed by atoms with Gasteiger partial charge in [0.25, 0.3) is 0 Å². The van der Waals surface area contributed by atoms with Crippen molar-refractivity contribution in [3.63, 3.8) is 0 Å². The number of aromatic nitrogens is 2. The third kappa shape index (κ3) is 5.28. The second kappa shape index (κ2) is 10.3. The van der Waals surface area contributed by atoms with E-state index in [2.05, 4.69) is 20.0 Å². The highest BCUT2D eigenvalue weighted by atomic mass is 16.5. The van der Waals surface area contributed by atoms with Gasteiger partial charge in [0.2, 0.25) is 11.8 Å². The Bertz CT molecular complexity index is 1160. The molecule has 0 N–H and O–H groups in total. The molecule has 0 radical (unpaired) electrons. The molecule has 0 aliphatic carbocycles. The topological polar surface area (TPSA) is 129 Å². The first-order valence-electron chi connectivity index (χ1n) is 8.88. The van der Waals surface area contributed by atoms with Crippen LogP contribution in [0.5, 0.6) is 23.3 Å². The quantitative estimate of drug-likeness (QED) is 0.123. The van der Waals surface area contributed by atoms with Gasteiger partial charge < -0.3 is 18.9 Å². The maximum absolute atomic E-state index is 12.1. The third-order valence-corrected chi connectivity index (χ3v) is 3.88. The van der Waals surface area contributed by atoms with Crippen LogP contribution in [0.25, 0.3) is 16.0 Å². The molecule has 0 saturated heterocycles. The van der Waals surface area contributed by atoms with Crippen molar-refractivity contribution < 1.29 is 23.7 Å². The summed E-state index contributed by atoms with van der Waals surface area (Å²) in [6.07, 6.45) is 2.53. The molecule has 10 nitrogen and oxygen atoms in total. The normalized spacial score (nSPS) is 10.6. The third-order valence-electron chi connectivity index (χ3n) is 3.88. The minimum absolute atomic E-state index is 0.167. The summed E-state index contributed by atoms with van der Waals surface area (Å²) in [5, 5.41) is 3.59. The number of nitrogens with zero attached hydrogens (tertiary/aromatic N) is 5. The molecule has 2 aromatic carbocycles. The SMILES string of the molecule is COC=C(C(=O)OC)c1ccccc1Oc1cc(Oc2ccccc2N=[N+]=[N-])ncn1. The van der Waals surface area contributed by atoms with E-state index in [0.717, 1.165) is 0 Å². The molecular formula is C21H17N5O5. The number of carbonyl (C=O) groups is 1. The zero-order valence-electron chi connectivity index (χ0n) is 16.6. The Labute approximate surface area is 177 Å². The lowest BCUT2D eigenvalue weighted by Gasteiger charge is -2.12. The molecule has 0 amide bonds. The van der Waals surface area contributed by atoms with Gasteiger partial charge in [-0.15, -0.1) is 0 Å². The number of methoxy groups -OCH3 is 2. The van der Waals surface area contributed by atoms with E-state index in [1.165, 1.54) is 32.9 Å². The summed E-state index contributed by atoms with van der Waals surface area (Å²) in [5.41, 5.74) is 9.63. The zero-order valence-corrected chi connectivity index (χ0v) is 16.6. The molecule has 0 spiro atoms. The van der Waals surface area contributed by atoms with Crippen LogP contribution in [0, 0.1) is 0 Å². The smallest absolute Gasteiger partial charge is 0.341 e. The number of esters is 1. The lowest BCUT2D eigenvalue weighted by atomic mass is 10.1. The van der Waals surface area contributed by atoms with Crippen molar-refractivity contribution in [3.05, 3.63) is 83.2 Å². The molecule has 156 valence electrons. The van der Waals surface area contributed by atoms with Crippen LogP contribution in [0.2, 0.25) is 0 Å². The standard InChI is InChI=1S/C21H17N5O5/c1-28-12-15(21(27)29-2)14-7-3-5-9-17(14)30-19-11-20(24-13-23-19)31-18-10-6-4-8-16(18)25-26-22/h3-13H,1-2H3. The van der Waals surface area contributed by atoms with E-state index in [9.17, 15) is 4.79 Å². The molecule has 0 saturated carbocycles. The van der Waals surface area contributed by atoms with Crippen molar-refractivity contribution >= 4 is 17.2 Å². The van der Waals surface area contributed by atoms with Crippen LogP contribution in [-0.4, -0.2) is 30.2 Å². The highest BCUT2D eigenvalue weighted by molar-refractivity contribution is 6.17. The summed E-state index contributed by atoms with van der Waals surface area (Å²) in [6.45, 7) is 0. The number of benzene rings is 2. The van der Waals surface area contributed by atoms with Crippen molar-refractivity contribution in [2.24, 2.45) is 5.11 Å². The molecule has 10 heteroatoms. The molecule has 1 heterocycles. The highest BCUT2D eigenvalue weighted by Crippen LogP contribution is 2.33. The van der Waals surface area contributed by atoms with Gasteiger partial charge in [-0.2, -0.15) is 0 Å². The van der Waals surface area contributed by atoms with Crippen molar-refractivity contribution in [1.29, 1.82) is 0 Å². The molecule has 3 aromatic rings. The summed E-state index contributed by atoms with van der Waals surface area (Å²) in [5.74, 6) is 0.417. The van der Waals surface area contributed by atoms with E-state index in [0.29, 0.717) is 22.7 Å². The summed E-state index contributed by atoms with van der Waals surface area (Å²) < 4.78 is 21.4. The Balaban J connectivity index is 1.90. The van der Waals surface area contributed by atoms with Gasteiger partial charge in [0.1, 0.15) is 23.4 Å². The Morgan fingerprint density at radius 3 is 2.32 bits per heavy atom. The van der Waals surface area contributed by atoms with Crippen LogP contribution in [-0.2, 0) is 14.3 Å². The number of hydrogen-bond donors (Lipinski definition) is 0. The predicted octanol–water partition coefficient (Wildman–Crippen LogP) is 5.16. The van der Waals surface area contributed by atoms with Crippen molar-refractivity contribution in [2.45, 2.75) is 0 Å². The summed E-state index contributed by atoms with van der Waals surface area (Å²) in [7, 11) is 2.70. The fourth-order valence-corrected chi connectivity index (χ4v) is 2.56. The van der Waals surface area contributed by atoms with E-state index in [1.807, 2.05) is 0 Å². The lowest BCUT2D eigenvalue weighted by Crippen LogP contribution is -2.06. The fraction of sp³-hybridized carbons (Fsp3) is 0.0952. The molecule has 0 bridgehead atoms. The number of carbonyl (C=O) groups excluding carboxylic acids is 1. The van der Waals surface area contributed by atoms with Gasteiger partial charge in [0.05, 0.1) is 32.2 Å². The Kier molecular flexibility index (Phi) is 7.02. The van der Waals surface area contributed by atoms with Gasteiger partial charge in [-0.1, -0.05) is 35.4 Å². The largest absolute Gasteiger partial charge is 0.503 e. The average molecular weight is 419 g/mol. The highest BCUT2D eigenvalue weighted by Gasteiger charge is 2.18. The van der Waals surface area contributed by atoms with E-state index < -0.39 is 5.97 Å². The molecule has 1 aromatic heterocycles. The molecule has 0 fully saturated rings. The van der Waals surface area contributed by atoms with Gasteiger partial charge in [-0.3, -0.25) is 0 Å². The van der Waals surface area contributed by atoms with E-state index in [4.69, 9.17) is 24.5 Å². The Morgan fingerprint density at radius 1 is 1.00 bits per heavy atom. The van der Waals surface area contributed by atoms with Crippen molar-refractivity contribution in [1.82, 2.24) is 9.97 Å². The second-order valence-electron chi connectivity index (χ2n) is 5.81. The van der Waals surface area contributed by atoms with Gasteiger partial charge in [0, 0.05) is 10.5 Å². The van der Waals surface area contributed by atoms with Gasteiger partial charge in [-0.25, -0.2) is 14.8 Å². The second-order valence-corrected chi connectivity index (χ2v) is 5.81. The minimum atomic E-state index is -0.584. The fourth-order valence-electron chi connectivity index (χ4n) is 2.56. The monoisotopic (exact) mass is 419 g/mol. The van der Waals surface area contributed by atoms with Crippen LogP contribution in [0.4, 0.5) is 5.69 Å². The van der Waals surface area contributed by atoms with Gasteiger partial charge in [-0.05, 0) is 23.7 Å². The molecule has 0 atom stereocenters. The zero-order chi connectivity index (χ0) is 22.1. The molecule has 31 heavy (non-hydrogen) atoms. The Hall–Kier alpha value is -4.56. The molecule has 3 rings (SSSR count). The maximum atomic E-state index is 12.1. The van der Waals surface area contributed by atoms with Crippen LogP contribution < -0.4 is 9.47 Å². The van der Waals surface area contributed by atoms with E-state index in [-0.39, 0.29) is 17.3 Å². The number of rotatable bonds is 8. The first kappa shape index (κ1) is 21.2. The predicted molar refractivity (Wildman–Crippen MR) is 111 cm³/mol. The number of para-hydroxylation sites is 2. The van der Waals surface area contributed by atoms with Crippen LogP contribution in [0.1, 0.15) is 5.56 Å². The van der Waals surface area contributed by atoms with Gasteiger partial charge >= 0.3 is 5.97 Å².